The van der Waals surface area contributed by atoms with E-state index in [1.165, 1.54) is 0 Å². The Morgan fingerprint density at radius 1 is 1.14 bits per heavy atom. The number of pyridine rings is 1. The summed E-state index contributed by atoms with van der Waals surface area (Å²) in [6.07, 6.45) is 3.87. The van der Waals surface area contributed by atoms with Crippen molar-refractivity contribution in [3.63, 3.8) is 0 Å². The van der Waals surface area contributed by atoms with Gasteiger partial charge in [-0.2, -0.15) is 0 Å². The third-order valence-electron chi connectivity index (χ3n) is 6.87. The summed E-state index contributed by atoms with van der Waals surface area (Å²) in [5.41, 5.74) is 3.71. The summed E-state index contributed by atoms with van der Waals surface area (Å²) in [6, 6.07) is 6.21. The van der Waals surface area contributed by atoms with E-state index < -0.39 is 0 Å². The van der Waals surface area contributed by atoms with Crippen LogP contribution in [0, 0.1) is 19.3 Å². The van der Waals surface area contributed by atoms with Crippen LogP contribution in [-0.2, 0) is 4.79 Å². The van der Waals surface area contributed by atoms with Crippen LogP contribution in [0.25, 0.3) is 11.3 Å². The molecule has 0 unspecified atom stereocenters. The first-order valence-corrected chi connectivity index (χ1v) is 10.8. The molecule has 2 aromatic rings. The highest BCUT2D eigenvalue weighted by atomic mass is 16.5. The van der Waals surface area contributed by atoms with Gasteiger partial charge < -0.3 is 14.3 Å². The molecule has 2 fully saturated rings. The molecule has 0 bridgehead atoms. The molecule has 4 heterocycles. The molecule has 0 aliphatic carbocycles. The maximum atomic E-state index is 13.2. The minimum atomic E-state index is -0.194. The zero-order chi connectivity index (χ0) is 20.6. The van der Waals surface area contributed by atoms with E-state index in [0.29, 0.717) is 11.8 Å². The molecule has 0 radical (unpaired) electrons. The van der Waals surface area contributed by atoms with Gasteiger partial charge in [0.15, 0.2) is 0 Å². The number of amides is 1. The molecule has 0 atom stereocenters. The molecular formula is C23H32N4O2. The van der Waals surface area contributed by atoms with E-state index in [4.69, 9.17) is 9.51 Å². The number of piperidine rings is 2. The second kappa shape index (κ2) is 7.90. The summed E-state index contributed by atoms with van der Waals surface area (Å²) in [4.78, 5) is 22.5. The Labute approximate surface area is 173 Å². The Balaban J connectivity index is 1.43. The maximum Gasteiger partial charge on any atom is 0.228 e. The van der Waals surface area contributed by atoms with E-state index >= 15 is 0 Å². The Morgan fingerprint density at radius 2 is 1.83 bits per heavy atom. The van der Waals surface area contributed by atoms with Crippen molar-refractivity contribution in [1.82, 2.24) is 19.9 Å². The third-order valence-corrected chi connectivity index (χ3v) is 6.87. The number of carbonyl (C=O) groups excluding carboxylic acids is 1. The number of aromatic nitrogens is 2. The van der Waals surface area contributed by atoms with E-state index in [1.54, 1.807) is 0 Å². The monoisotopic (exact) mass is 396 g/mol. The lowest BCUT2D eigenvalue weighted by molar-refractivity contribution is -0.145. The number of hydrogen-bond acceptors (Lipinski definition) is 5. The largest absolute Gasteiger partial charge is 0.361 e. The van der Waals surface area contributed by atoms with Crippen molar-refractivity contribution in [3.8, 4) is 11.3 Å². The molecule has 0 aromatic carbocycles. The molecule has 4 rings (SSSR count). The lowest BCUT2D eigenvalue weighted by Gasteiger charge is -2.42. The molecule has 0 saturated carbocycles. The van der Waals surface area contributed by atoms with Gasteiger partial charge in [0.2, 0.25) is 5.91 Å². The van der Waals surface area contributed by atoms with E-state index in [0.717, 1.165) is 80.3 Å². The highest BCUT2D eigenvalue weighted by molar-refractivity contribution is 5.82. The van der Waals surface area contributed by atoms with Crippen molar-refractivity contribution < 1.29 is 9.32 Å². The molecule has 6 nitrogen and oxygen atoms in total. The number of hydrogen-bond donors (Lipinski definition) is 0. The third kappa shape index (κ3) is 3.95. The molecule has 2 saturated heterocycles. The Bertz CT molecular complexity index is 855. The number of rotatable bonds is 3. The number of likely N-dealkylation sites (tertiary alicyclic amines) is 2. The van der Waals surface area contributed by atoms with Gasteiger partial charge in [0, 0.05) is 30.1 Å². The predicted octanol–water partition coefficient (Wildman–Crippen LogP) is 3.79. The van der Waals surface area contributed by atoms with Gasteiger partial charge in [-0.3, -0.25) is 9.78 Å². The van der Waals surface area contributed by atoms with Gasteiger partial charge in [-0.25, -0.2) is 0 Å². The summed E-state index contributed by atoms with van der Waals surface area (Å²) < 4.78 is 5.31. The van der Waals surface area contributed by atoms with E-state index in [9.17, 15) is 4.79 Å². The topological polar surface area (TPSA) is 62.5 Å². The molecule has 1 amide bonds. The lowest BCUT2D eigenvalue weighted by atomic mass is 9.78. The quantitative estimate of drug-likeness (QED) is 0.790. The first-order chi connectivity index (χ1) is 13.9. The van der Waals surface area contributed by atoms with Crippen molar-refractivity contribution in [2.45, 2.75) is 52.4 Å². The fourth-order valence-corrected chi connectivity index (χ4v) is 4.75. The zero-order valence-corrected chi connectivity index (χ0v) is 18.1. The first kappa shape index (κ1) is 20.1. The van der Waals surface area contributed by atoms with Crippen LogP contribution < -0.4 is 0 Å². The van der Waals surface area contributed by atoms with Crippen molar-refractivity contribution in [1.29, 1.82) is 0 Å². The van der Waals surface area contributed by atoms with Gasteiger partial charge in [-0.1, -0.05) is 18.1 Å². The van der Waals surface area contributed by atoms with Crippen LogP contribution in [0.1, 0.15) is 55.7 Å². The molecule has 2 aromatic heterocycles. The van der Waals surface area contributed by atoms with Gasteiger partial charge in [0.25, 0.3) is 0 Å². The first-order valence-electron chi connectivity index (χ1n) is 10.8. The maximum absolute atomic E-state index is 13.2. The minimum Gasteiger partial charge on any atom is -0.361 e. The standard InChI is InChI=1S/C23H32N4O2/c1-16-21(17(2)29-25-16)20-7-5-6-19(24-20)18-8-12-27(13-9-18)22(28)23(3)10-14-26(4)15-11-23/h5-7,18H,8-15H2,1-4H3. The fraction of sp³-hybridized carbons (Fsp3) is 0.609. The van der Waals surface area contributed by atoms with Crippen molar-refractivity contribution in [2.75, 3.05) is 33.2 Å². The van der Waals surface area contributed by atoms with Gasteiger partial charge in [-0.05, 0) is 71.8 Å². The van der Waals surface area contributed by atoms with Crippen molar-refractivity contribution in [2.24, 2.45) is 5.41 Å². The van der Waals surface area contributed by atoms with Gasteiger partial charge in [-0.15, -0.1) is 0 Å². The summed E-state index contributed by atoms with van der Waals surface area (Å²) in [5.74, 6) is 1.55. The van der Waals surface area contributed by atoms with Gasteiger partial charge >= 0.3 is 0 Å². The predicted molar refractivity (Wildman–Crippen MR) is 113 cm³/mol. The van der Waals surface area contributed by atoms with E-state index in [2.05, 4.69) is 41.1 Å². The smallest absolute Gasteiger partial charge is 0.228 e. The molecule has 0 N–H and O–H groups in total. The highest BCUT2D eigenvalue weighted by Crippen LogP contribution is 2.36. The van der Waals surface area contributed by atoms with E-state index in [-0.39, 0.29) is 5.41 Å². The normalized spacial score (nSPS) is 20.8. The second-order valence-corrected chi connectivity index (χ2v) is 9.08. The summed E-state index contributed by atoms with van der Waals surface area (Å²) >= 11 is 0. The zero-order valence-electron chi connectivity index (χ0n) is 18.1. The van der Waals surface area contributed by atoms with Crippen LogP contribution in [0.4, 0.5) is 0 Å². The average molecular weight is 397 g/mol. The van der Waals surface area contributed by atoms with Gasteiger partial charge in [0.1, 0.15) is 5.76 Å². The number of carbonyl (C=O) groups is 1. The summed E-state index contributed by atoms with van der Waals surface area (Å²) in [6.45, 7) is 9.71. The summed E-state index contributed by atoms with van der Waals surface area (Å²) in [7, 11) is 2.14. The minimum absolute atomic E-state index is 0.194. The van der Waals surface area contributed by atoms with Crippen LogP contribution >= 0.6 is 0 Å². The van der Waals surface area contributed by atoms with Crippen LogP contribution in [0.15, 0.2) is 22.7 Å². The molecule has 0 spiro atoms. The summed E-state index contributed by atoms with van der Waals surface area (Å²) in [5, 5.41) is 4.06. The molecular weight excluding hydrogens is 364 g/mol. The van der Waals surface area contributed by atoms with E-state index in [1.807, 2.05) is 19.9 Å². The SMILES string of the molecule is Cc1noc(C)c1-c1cccc(C2CCN(C(=O)C3(C)CCN(C)CC3)CC2)n1. The van der Waals surface area contributed by atoms with Crippen molar-refractivity contribution >= 4 is 5.91 Å². The molecule has 6 heteroatoms. The van der Waals surface area contributed by atoms with Crippen LogP contribution in [0.5, 0.6) is 0 Å². The van der Waals surface area contributed by atoms with Crippen LogP contribution in [0.2, 0.25) is 0 Å². The van der Waals surface area contributed by atoms with Crippen LogP contribution in [0.3, 0.4) is 0 Å². The van der Waals surface area contributed by atoms with Crippen molar-refractivity contribution in [3.05, 3.63) is 35.3 Å². The molecule has 2 aliphatic rings. The molecule has 29 heavy (non-hydrogen) atoms. The number of nitrogens with zero attached hydrogens (tertiary/aromatic N) is 4. The Morgan fingerprint density at radius 3 is 2.45 bits per heavy atom. The fourth-order valence-electron chi connectivity index (χ4n) is 4.75. The molecule has 2 aliphatic heterocycles. The second-order valence-electron chi connectivity index (χ2n) is 9.08. The van der Waals surface area contributed by atoms with Gasteiger partial charge in [0.05, 0.1) is 17.0 Å². The Hall–Kier alpha value is -2.21. The Kier molecular flexibility index (Phi) is 5.47. The van der Waals surface area contributed by atoms with Crippen LogP contribution in [-0.4, -0.2) is 59.1 Å². The molecule has 156 valence electrons. The lowest BCUT2D eigenvalue weighted by Crippen LogP contribution is -2.50. The highest BCUT2D eigenvalue weighted by Gasteiger charge is 2.40. The number of aryl methyl sites for hydroxylation is 2. The average Bonchev–Trinajstić information content (AvgIpc) is 3.08.